The molecule has 0 aromatic heterocycles. The fourth-order valence-electron chi connectivity index (χ4n) is 1.59. The van der Waals surface area contributed by atoms with Gasteiger partial charge >= 0.3 is 0 Å². The van der Waals surface area contributed by atoms with Crippen molar-refractivity contribution in [3.63, 3.8) is 0 Å². The molecule has 0 atom stereocenters. The van der Waals surface area contributed by atoms with Gasteiger partial charge in [0.2, 0.25) is 5.91 Å². The first-order valence-corrected chi connectivity index (χ1v) is 5.99. The van der Waals surface area contributed by atoms with Crippen molar-refractivity contribution in [2.75, 3.05) is 24.1 Å². The van der Waals surface area contributed by atoms with Crippen LogP contribution in [-0.4, -0.2) is 19.0 Å². The van der Waals surface area contributed by atoms with E-state index in [-0.39, 0.29) is 5.91 Å². The molecule has 0 spiro atoms. The second-order valence-electron chi connectivity index (χ2n) is 4.16. The Hall–Kier alpha value is -1.71. The van der Waals surface area contributed by atoms with Gasteiger partial charge in [0.05, 0.1) is 0 Å². The number of carbonyl (C=O) groups is 1. The molecule has 1 rings (SSSR count). The maximum absolute atomic E-state index is 11.4. The minimum Gasteiger partial charge on any atom is -0.399 e. The normalized spacial score (nSPS) is 10.0. The average molecular weight is 235 g/mol. The molecule has 17 heavy (non-hydrogen) atoms. The number of aryl methyl sites for hydroxylation is 1. The van der Waals surface area contributed by atoms with Gasteiger partial charge in [0.15, 0.2) is 0 Å². The quantitative estimate of drug-likeness (QED) is 0.660. The Labute approximate surface area is 103 Å². The second kappa shape index (κ2) is 6.78. The summed E-state index contributed by atoms with van der Waals surface area (Å²) in [7, 11) is 0. The lowest BCUT2D eigenvalue weighted by molar-refractivity contribution is -0.120. The van der Waals surface area contributed by atoms with Crippen LogP contribution in [0, 0.1) is 6.92 Å². The molecule has 0 aliphatic rings. The van der Waals surface area contributed by atoms with E-state index in [4.69, 9.17) is 5.73 Å². The Balaban J connectivity index is 2.33. The standard InChI is InChI=1S/C13H21N3O/c1-3-5-16-13(17)4-6-15-12-8-10(2)7-11(14)9-12/h7-9,15H,3-6,14H2,1-2H3,(H,16,17). The molecule has 1 aromatic rings. The summed E-state index contributed by atoms with van der Waals surface area (Å²) in [5.74, 6) is 0.0833. The lowest BCUT2D eigenvalue weighted by atomic mass is 10.2. The van der Waals surface area contributed by atoms with Crippen LogP contribution >= 0.6 is 0 Å². The smallest absolute Gasteiger partial charge is 0.221 e. The molecule has 4 nitrogen and oxygen atoms in total. The molecule has 1 aromatic carbocycles. The molecule has 4 N–H and O–H groups in total. The molecule has 0 unspecified atom stereocenters. The van der Waals surface area contributed by atoms with E-state index in [1.165, 1.54) is 0 Å². The van der Waals surface area contributed by atoms with E-state index < -0.39 is 0 Å². The zero-order chi connectivity index (χ0) is 12.7. The summed E-state index contributed by atoms with van der Waals surface area (Å²) in [6, 6.07) is 5.80. The molecule has 1 amide bonds. The Morgan fingerprint density at radius 2 is 2.06 bits per heavy atom. The van der Waals surface area contributed by atoms with E-state index in [2.05, 4.69) is 10.6 Å². The van der Waals surface area contributed by atoms with Gasteiger partial charge in [0, 0.05) is 30.9 Å². The highest BCUT2D eigenvalue weighted by Crippen LogP contribution is 2.15. The maximum Gasteiger partial charge on any atom is 0.221 e. The predicted octanol–water partition coefficient (Wildman–Crippen LogP) is 1.91. The molecule has 0 radical (unpaired) electrons. The number of amides is 1. The number of nitrogen functional groups attached to an aromatic ring is 1. The Morgan fingerprint density at radius 3 is 2.71 bits per heavy atom. The number of carbonyl (C=O) groups excluding carboxylic acids is 1. The molecule has 0 saturated heterocycles. The van der Waals surface area contributed by atoms with Crippen LogP contribution in [0.25, 0.3) is 0 Å². The molecular formula is C13H21N3O. The molecular weight excluding hydrogens is 214 g/mol. The molecule has 0 heterocycles. The minimum absolute atomic E-state index is 0.0833. The second-order valence-corrected chi connectivity index (χ2v) is 4.16. The zero-order valence-electron chi connectivity index (χ0n) is 10.5. The van der Waals surface area contributed by atoms with Crippen LogP contribution in [0.4, 0.5) is 11.4 Å². The molecule has 0 saturated carbocycles. The molecule has 0 aliphatic heterocycles. The van der Waals surface area contributed by atoms with Gasteiger partial charge in [-0.1, -0.05) is 6.92 Å². The van der Waals surface area contributed by atoms with E-state index in [1.807, 2.05) is 32.0 Å². The van der Waals surface area contributed by atoms with Gasteiger partial charge in [0.25, 0.3) is 0 Å². The number of nitrogens with one attached hydrogen (secondary N) is 2. The summed E-state index contributed by atoms with van der Waals surface area (Å²) in [6.45, 7) is 5.40. The maximum atomic E-state index is 11.4. The number of nitrogens with two attached hydrogens (primary N) is 1. The van der Waals surface area contributed by atoms with Crippen LogP contribution in [0.2, 0.25) is 0 Å². The average Bonchev–Trinajstić information content (AvgIpc) is 2.25. The molecule has 0 fully saturated rings. The lowest BCUT2D eigenvalue weighted by Gasteiger charge is -2.08. The summed E-state index contributed by atoms with van der Waals surface area (Å²) in [6.07, 6.45) is 1.45. The minimum atomic E-state index is 0.0833. The van der Waals surface area contributed by atoms with Crippen molar-refractivity contribution in [1.29, 1.82) is 0 Å². The summed E-state index contributed by atoms with van der Waals surface area (Å²) < 4.78 is 0. The number of hydrogen-bond donors (Lipinski definition) is 3. The van der Waals surface area contributed by atoms with Crippen LogP contribution in [-0.2, 0) is 4.79 Å². The van der Waals surface area contributed by atoms with Crippen LogP contribution in [0.3, 0.4) is 0 Å². The Bertz CT molecular complexity index is 357. The monoisotopic (exact) mass is 235 g/mol. The first-order chi connectivity index (χ1) is 8.11. The largest absolute Gasteiger partial charge is 0.399 e. The molecule has 0 aliphatic carbocycles. The van der Waals surface area contributed by atoms with Crippen molar-refractivity contribution in [3.05, 3.63) is 23.8 Å². The Kier molecular flexibility index (Phi) is 5.33. The third-order valence-electron chi connectivity index (χ3n) is 2.35. The van der Waals surface area contributed by atoms with Crippen LogP contribution < -0.4 is 16.4 Å². The highest BCUT2D eigenvalue weighted by Gasteiger charge is 2.00. The topological polar surface area (TPSA) is 67.2 Å². The van der Waals surface area contributed by atoms with Crippen molar-refractivity contribution in [1.82, 2.24) is 5.32 Å². The van der Waals surface area contributed by atoms with Gasteiger partial charge in [0.1, 0.15) is 0 Å². The van der Waals surface area contributed by atoms with Gasteiger partial charge < -0.3 is 16.4 Å². The van der Waals surface area contributed by atoms with Gasteiger partial charge in [-0.2, -0.15) is 0 Å². The molecule has 4 heteroatoms. The number of benzene rings is 1. The van der Waals surface area contributed by atoms with Gasteiger partial charge in [-0.3, -0.25) is 4.79 Å². The first-order valence-electron chi connectivity index (χ1n) is 5.99. The van der Waals surface area contributed by atoms with Gasteiger partial charge in [-0.25, -0.2) is 0 Å². The fraction of sp³-hybridized carbons (Fsp3) is 0.462. The third kappa shape index (κ3) is 5.24. The van der Waals surface area contributed by atoms with E-state index in [0.29, 0.717) is 13.0 Å². The predicted molar refractivity (Wildman–Crippen MR) is 72.0 cm³/mol. The zero-order valence-corrected chi connectivity index (χ0v) is 10.5. The molecule has 94 valence electrons. The van der Waals surface area contributed by atoms with Gasteiger partial charge in [-0.05, 0) is 37.1 Å². The molecule has 0 bridgehead atoms. The summed E-state index contributed by atoms with van der Waals surface area (Å²) in [4.78, 5) is 11.4. The fourth-order valence-corrected chi connectivity index (χ4v) is 1.59. The number of rotatable bonds is 6. The highest BCUT2D eigenvalue weighted by molar-refractivity contribution is 5.76. The summed E-state index contributed by atoms with van der Waals surface area (Å²) >= 11 is 0. The van der Waals surface area contributed by atoms with E-state index in [0.717, 1.165) is 29.9 Å². The van der Waals surface area contributed by atoms with E-state index in [1.54, 1.807) is 0 Å². The van der Waals surface area contributed by atoms with Crippen molar-refractivity contribution in [3.8, 4) is 0 Å². The van der Waals surface area contributed by atoms with Crippen LogP contribution in [0.15, 0.2) is 18.2 Å². The SMILES string of the molecule is CCCNC(=O)CCNc1cc(C)cc(N)c1. The van der Waals surface area contributed by atoms with Crippen LogP contribution in [0.1, 0.15) is 25.3 Å². The highest BCUT2D eigenvalue weighted by atomic mass is 16.1. The van der Waals surface area contributed by atoms with E-state index in [9.17, 15) is 4.79 Å². The van der Waals surface area contributed by atoms with Gasteiger partial charge in [-0.15, -0.1) is 0 Å². The number of anilines is 2. The van der Waals surface area contributed by atoms with Crippen molar-refractivity contribution < 1.29 is 4.79 Å². The first kappa shape index (κ1) is 13.4. The van der Waals surface area contributed by atoms with Crippen molar-refractivity contribution in [2.45, 2.75) is 26.7 Å². The number of hydrogen-bond acceptors (Lipinski definition) is 3. The van der Waals surface area contributed by atoms with Crippen LogP contribution in [0.5, 0.6) is 0 Å². The third-order valence-corrected chi connectivity index (χ3v) is 2.35. The Morgan fingerprint density at radius 1 is 1.29 bits per heavy atom. The van der Waals surface area contributed by atoms with Crippen molar-refractivity contribution >= 4 is 17.3 Å². The van der Waals surface area contributed by atoms with Crippen molar-refractivity contribution in [2.24, 2.45) is 0 Å². The summed E-state index contributed by atoms with van der Waals surface area (Å²) in [5.41, 5.74) is 8.55. The lowest BCUT2D eigenvalue weighted by Crippen LogP contribution is -2.25. The van der Waals surface area contributed by atoms with E-state index >= 15 is 0 Å². The summed E-state index contributed by atoms with van der Waals surface area (Å²) in [5, 5.41) is 6.03.